The molecule has 0 unspecified atom stereocenters. The maximum absolute atomic E-state index is 11.5. The summed E-state index contributed by atoms with van der Waals surface area (Å²) in [4.78, 5) is 18.2. The van der Waals surface area contributed by atoms with E-state index in [1.807, 2.05) is 18.2 Å². The molecule has 154 valence electrons. The highest BCUT2D eigenvalue weighted by molar-refractivity contribution is 6.30. The number of hydrogen-bond donors (Lipinski definition) is 1. The zero-order valence-electron chi connectivity index (χ0n) is 17.2. The van der Waals surface area contributed by atoms with Gasteiger partial charge < -0.3 is 10.2 Å². The van der Waals surface area contributed by atoms with Crippen molar-refractivity contribution < 1.29 is 4.79 Å². The van der Waals surface area contributed by atoms with Crippen molar-refractivity contribution in [1.29, 1.82) is 0 Å². The predicted octanol–water partition coefficient (Wildman–Crippen LogP) is 5.63. The number of nitrogens with one attached hydrogen (secondary N) is 1. The molecule has 0 atom stereocenters. The number of halogens is 1. The summed E-state index contributed by atoms with van der Waals surface area (Å²) in [5, 5.41) is 3.61. The number of nitrogens with zero attached hydrogens (tertiary/aromatic N) is 2. The van der Waals surface area contributed by atoms with Crippen molar-refractivity contribution in [2.75, 3.05) is 18.4 Å². The second-order valence-electron chi connectivity index (χ2n) is 7.95. The maximum atomic E-state index is 11.5. The smallest absolute Gasteiger partial charge is 0.225 e. The van der Waals surface area contributed by atoms with E-state index in [0.717, 1.165) is 54.2 Å². The van der Waals surface area contributed by atoms with Gasteiger partial charge in [-0.2, -0.15) is 0 Å². The average molecular weight is 420 g/mol. The molecule has 1 aromatic heterocycles. The van der Waals surface area contributed by atoms with Crippen LogP contribution in [0.1, 0.15) is 41.5 Å². The lowest BCUT2D eigenvalue weighted by Crippen LogP contribution is -2.21. The van der Waals surface area contributed by atoms with Gasteiger partial charge in [-0.1, -0.05) is 36.4 Å². The van der Waals surface area contributed by atoms with Crippen LogP contribution >= 0.6 is 11.6 Å². The Balaban J connectivity index is 1.44. The normalized spacial score (nSPS) is 16.7. The molecule has 5 heteroatoms. The molecule has 4 nitrogen and oxygen atoms in total. The van der Waals surface area contributed by atoms with Crippen LogP contribution in [-0.2, 0) is 11.2 Å². The number of allylic oxidation sites excluding steroid dienone is 2. The monoisotopic (exact) mass is 419 g/mol. The van der Waals surface area contributed by atoms with Crippen LogP contribution in [0.4, 0.5) is 5.82 Å². The largest absolute Gasteiger partial charge is 0.368 e. The second kappa shape index (κ2) is 8.88. The summed E-state index contributed by atoms with van der Waals surface area (Å²) in [7, 11) is 0. The maximum Gasteiger partial charge on any atom is 0.225 e. The molecule has 0 bridgehead atoms. The first kappa shape index (κ1) is 20.4. The average Bonchev–Trinajstić information content (AvgIpc) is 2.97. The van der Waals surface area contributed by atoms with E-state index in [1.54, 1.807) is 6.20 Å². The molecule has 0 radical (unpaired) electrons. The Morgan fingerprint density at radius 1 is 1.23 bits per heavy atom. The van der Waals surface area contributed by atoms with E-state index in [4.69, 9.17) is 11.6 Å². The van der Waals surface area contributed by atoms with E-state index in [-0.39, 0.29) is 5.91 Å². The third-order valence-electron chi connectivity index (χ3n) is 5.59. The van der Waals surface area contributed by atoms with Gasteiger partial charge in [0.1, 0.15) is 5.82 Å². The first-order valence-electron chi connectivity index (χ1n) is 10.4. The highest BCUT2D eigenvalue weighted by atomic mass is 35.5. The number of aryl methyl sites for hydroxylation is 2. The summed E-state index contributed by atoms with van der Waals surface area (Å²) in [6.07, 6.45) is 11.5. The van der Waals surface area contributed by atoms with E-state index in [2.05, 4.69) is 53.0 Å². The lowest BCUT2D eigenvalue weighted by molar-refractivity contribution is -0.116. The van der Waals surface area contributed by atoms with Gasteiger partial charge in [-0.3, -0.25) is 4.79 Å². The Labute approximate surface area is 183 Å². The third kappa shape index (κ3) is 4.82. The first-order valence-corrected chi connectivity index (χ1v) is 10.7. The minimum absolute atomic E-state index is 0.0354. The number of aromatic nitrogens is 1. The third-order valence-corrected chi connectivity index (χ3v) is 5.80. The summed E-state index contributed by atoms with van der Waals surface area (Å²) in [5.74, 6) is 0.719. The van der Waals surface area contributed by atoms with E-state index in [0.29, 0.717) is 12.2 Å². The van der Waals surface area contributed by atoms with Crippen LogP contribution in [0.2, 0.25) is 5.02 Å². The van der Waals surface area contributed by atoms with Crippen LogP contribution in [0, 0.1) is 6.92 Å². The summed E-state index contributed by atoms with van der Waals surface area (Å²) >= 11 is 6.25. The van der Waals surface area contributed by atoms with Crippen LogP contribution in [0.5, 0.6) is 0 Å². The SMILES string of the molecule is C=C(/C=C/c1cnc2c(c1)CCC(=O)N2)N1CC=C(c2cc(C)cc(Cl)c2)CCC1. The summed E-state index contributed by atoms with van der Waals surface area (Å²) in [5.41, 5.74) is 6.84. The Bertz CT molecular complexity index is 1030. The standard InChI is InChI=1S/C25H26ClN3O/c1-17-12-22(15-23(26)13-17)20-4-3-10-29(11-9-20)18(2)5-6-19-14-21-7-8-24(30)28-25(21)27-16-19/h5-6,9,12-16H,2-4,7-8,10-11H2,1H3,(H,27,28,30)/b6-5+. The number of fused-ring (bicyclic) bond motifs is 1. The highest BCUT2D eigenvalue weighted by Crippen LogP contribution is 2.27. The molecule has 2 aliphatic rings. The molecule has 3 heterocycles. The fraction of sp³-hybridized carbons (Fsp3) is 0.280. The molecule has 4 rings (SSSR count). The lowest BCUT2D eigenvalue weighted by Gasteiger charge is -2.22. The zero-order chi connectivity index (χ0) is 21.1. The molecule has 1 N–H and O–H groups in total. The molecule has 0 saturated heterocycles. The van der Waals surface area contributed by atoms with Gasteiger partial charge in [0.25, 0.3) is 0 Å². The number of amides is 1. The Morgan fingerprint density at radius 2 is 2.10 bits per heavy atom. The molecule has 1 amide bonds. The van der Waals surface area contributed by atoms with Crippen LogP contribution in [0.3, 0.4) is 0 Å². The molecular weight excluding hydrogens is 394 g/mol. The second-order valence-corrected chi connectivity index (χ2v) is 8.38. The van der Waals surface area contributed by atoms with Gasteiger partial charge in [-0.05, 0) is 78.3 Å². The first-order chi connectivity index (χ1) is 14.5. The van der Waals surface area contributed by atoms with Crippen LogP contribution in [-0.4, -0.2) is 28.9 Å². The summed E-state index contributed by atoms with van der Waals surface area (Å²) in [6, 6.07) is 8.34. The molecule has 0 aliphatic carbocycles. The minimum atomic E-state index is 0.0354. The molecule has 2 aliphatic heterocycles. The van der Waals surface area contributed by atoms with Gasteiger partial charge in [0.2, 0.25) is 5.91 Å². The van der Waals surface area contributed by atoms with Gasteiger partial charge in [0, 0.05) is 36.4 Å². The van der Waals surface area contributed by atoms with Crippen molar-refractivity contribution in [3.05, 3.63) is 82.2 Å². The van der Waals surface area contributed by atoms with E-state index >= 15 is 0 Å². The molecule has 0 saturated carbocycles. The number of carbonyl (C=O) groups is 1. The Morgan fingerprint density at radius 3 is 2.93 bits per heavy atom. The molecular formula is C25H26ClN3O. The number of carbonyl (C=O) groups excluding carboxylic acids is 1. The number of rotatable bonds is 4. The van der Waals surface area contributed by atoms with Crippen LogP contribution in [0.15, 0.2) is 54.9 Å². The van der Waals surface area contributed by atoms with Crippen LogP contribution in [0.25, 0.3) is 11.6 Å². The Hall–Kier alpha value is -2.85. The van der Waals surface area contributed by atoms with Crippen molar-refractivity contribution in [2.24, 2.45) is 0 Å². The topological polar surface area (TPSA) is 45.2 Å². The summed E-state index contributed by atoms with van der Waals surface area (Å²) < 4.78 is 0. The number of benzene rings is 1. The van der Waals surface area contributed by atoms with Gasteiger partial charge in [0.05, 0.1) is 0 Å². The highest BCUT2D eigenvalue weighted by Gasteiger charge is 2.16. The van der Waals surface area contributed by atoms with E-state index in [9.17, 15) is 4.79 Å². The van der Waals surface area contributed by atoms with Crippen molar-refractivity contribution >= 4 is 35.0 Å². The van der Waals surface area contributed by atoms with Gasteiger partial charge in [-0.15, -0.1) is 0 Å². The van der Waals surface area contributed by atoms with E-state index < -0.39 is 0 Å². The number of pyridine rings is 1. The number of hydrogen-bond acceptors (Lipinski definition) is 3. The summed E-state index contributed by atoms with van der Waals surface area (Å²) in [6.45, 7) is 8.15. The molecule has 30 heavy (non-hydrogen) atoms. The van der Waals surface area contributed by atoms with E-state index in [1.165, 1.54) is 16.7 Å². The van der Waals surface area contributed by atoms with Gasteiger partial charge in [-0.25, -0.2) is 4.98 Å². The predicted molar refractivity (Wildman–Crippen MR) is 124 cm³/mol. The fourth-order valence-corrected chi connectivity index (χ4v) is 4.27. The quantitative estimate of drug-likeness (QED) is 0.653. The molecule has 1 aromatic carbocycles. The molecule has 0 spiro atoms. The van der Waals surface area contributed by atoms with Gasteiger partial charge >= 0.3 is 0 Å². The molecule has 2 aromatic rings. The van der Waals surface area contributed by atoms with Crippen molar-refractivity contribution in [3.63, 3.8) is 0 Å². The zero-order valence-corrected chi connectivity index (χ0v) is 18.0. The molecule has 0 fully saturated rings. The fourth-order valence-electron chi connectivity index (χ4n) is 3.98. The lowest BCUT2D eigenvalue weighted by atomic mass is 10.00. The minimum Gasteiger partial charge on any atom is -0.368 e. The van der Waals surface area contributed by atoms with Crippen molar-refractivity contribution in [2.45, 2.75) is 32.6 Å². The Kier molecular flexibility index (Phi) is 6.05. The van der Waals surface area contributed by atoms with Crippen molar-refractivity contribution in [3.8, 4) is 0 Å². The van der Waals surface area contributed by atoms with Gasteiger partial charge in [0.15, 0.2) is 0 Å². The van der Waals surface area contributed by atoms with Crippen molar-refractivity contribution in [1.82, 2.24) is 9.88 Å². The van der Waals surface area contributed by atoms with Crippen LogP contribution < -0.4 is 5.32 Å². The number of anilines is 1.